The number of nitrogens with zero attached hydrogens (tertiary/aromatic N) is 3. The maximum atomic E-state index is 10.8. The van der Waals surface area contributed by atoms with Crippen molar-refractivity contribution in [2.75, 3.05) is 31.2 Å². The largest absolute Gasteiger partial charge is 0.505 e. The fraction of sp³-hybridized carbons (Fsp3) is 0.267. The van der Waals surface area contributed by atoms with Gasteiger partial charge in [-0.1, -0.05) is 29.4 Å². The summed E-state index contributed by atoms with van der Waals surface area (Å²) < 4.78 is 5.37. The van der Waals surface area contributed by atoms with Crippen molar-refractivity contribution in [3.05, 3.63) is 30.3 Å². The number of fused-ring (bicyclic) bond motifs is 1. The van der Waals surface area contributed by atoms with Crippen LogP contribution in [0.1, 0.15) is 0 Å². The van der Waals surface area contributed by atoms with E-state index < -0.39 is 6.03 Å². The Morgan fingerprint density at radius 2 is 1.91 bits per heavy atom. The number of carbonyl (C=O) groups is 1. The second-order valence-corrected chi connectivity index (χ2v) is 4.95. The van der Waals surface area contributed by atoms with Crippen molar-refractivity contribution in [3.8, 4) is 5.75 Å². The van der Waals surface area contributed by atoms with Gasteiger partial charge >= 0.3 is 6.03 Å². The average molecular weight is 300 g/mol. The first kappa shape index (κ1) is 14.3. The van der Waals surface area contributed by atoms with E-state index in [0.717, 1.165) is 24.2 Å². The molecular formula is C15H16N4O3. The molecule has 114 valence electrons. The van der Waals surface area contributed by atoms with Crippen LogP contribution in [0.25, 0.3) is 10.8 Å². The molecule has 0 atom stereocenters. The molecule has 7 heteroatoms. The highest BCUT2D eigenvalue weighted by atomic mass is 16.5. The van der Waals surface area contributed by atoms with E-state index in [1.165, 1.54) is 0 Å². The van der Waals surface area contributed by atoms with E-state index in [2.05, 4.69) is 15.1 Å². The van der Waals surface area contributed by atoms with E-state index in [1.54, 1.807) is 12.1 Å². The zero-order chi connectivity index (χ0) is 15.5. The number of rotatable bonds is 2. The summed E-state index contributed by atoms with van der Waals surface area (Å²) in [4.78, 5) is 12.9. The van der Waals surface area contributed by atoms with E-state index in [9.17, 15) is 9.90 Å². The highest BCUT2D eigenvalue weighted by Crippen LogP contribution is 2.41. The number of hydrogen-bond donors (Lipinski definition) is 2. The van der Waals surface area contributed by atoms with Gasteiger partial charge in [-0.3, -0.25) is 0 Å². The van der Waals surface area contributed by atoms with Crippen molar-refractivity contribution in [1.29, 1.82) is 0 Å². The molecule has 0 aliphatic carbocycles. The number of azo groups is 1. The second-order valence-electron chi connectivity index (χ2n) is 4.95. The number of amides is 2. The Balaban J connectivity index is 2.16. The van der Waals surface area contributed by atoms with Gasteiger partial charge in [-0.15, -0.1) is 5.11 Å². The van der Waals surface area contributed by atoms with Gasteiger partial charge in [0.25, 0.3) is 0 Å². The minimum Gasteiger partial charge on any atom is -0.505 e. The second kappa shape index (κ2) is 5.98. The minimum absolute atomic E-state index is 0.0161. The van der Waals surface area contributed by atoms with Crippen LogP contribution in [0.15, 0.2) is 40.6 Å². The zero-order valence-electron chi connectivity index (χ0n) is 11.9. The van der Waals surface area contributed by atoms with Crippen LogP contribution in [0.3, 0.4) is 0 Å². The molecular weight excluding hydrogens is 284 g/mol. The molecule has 2 aromatic carbocycles. The van der Waals surface area contributed by atoms with Gasteiger partial charge in [0.1, 0.15) is 5.69 Å². The number of urea groups is 1. The molecule has 0 aromatic heterocycles. The number of nitrogens with two attached hydrogens (primary N) is 1. The lowest BCUT2D eigenvalue weighted by Crippen LogP contribution is -2.36. The summed E-state index contributed by atoms with van der Waals surface area (Å²) in [5.74, 6) is -0.0161. The Bertz CT molecular complexity index is 739. The molecule has 7 nitrogen and oxygen atoms in total. The third kappa shape index (κ3) is 2.71. The third-order valence-corrected chi connectivity index (χ3v) is 3.58. The number of ether oxygens (including phenoxy) is 1. The number of primary amides is 1. The highest BCUT2D eigenvalue weighted by molar-refractivity contribution is 6.01. The number of anilines is 1. The fourth-order valence-electron chi connectivity index (χ4n) is 2.57. The van der Waals surface area contributed by atoms with E-state index >= 15 is 0 Å². The van der Waals surface area contributed by atoms with Crippen molar-refractivity contribution < 1.29 is 14.6 Å². The number of benzene rings is 2. The normalized spacial score (nSPS) is 15.5. The molecule has 1 saturated heterocycles. The lowest BCUT2D eigenvalue weighted by atomic mass is 10.1. The summed E-state index contributed by atoms with van der Waals surface area (Å²) in [6.45, 7) is 2.79. The first-order valence-corrected chi connectivity index (χ1v) is 6.95. The van der Waals surface area contributed by atoms with Crippen LogP contribution in [-0.2, 0) is 4.74 Å². The van der Waals surface area contributed by atoms with Crippen molar-refractivity contribution in [3.63, 3.8) is 0 Å². The summed E-state index contributed by atoms with van der Waals surface area (Å²) in [5, 5.41) is 19.0. The van der Waals surface area contributed by atoms with Crippen molar-refractivity contribution >= 4 is 28.2 Å². The van der Waals surface area contributed by atoms with E-state index in [0.29, 0.717) is 18.6 Å². The smallest absolute Gasteiger partial charge is 0.356 e. The monoisotopic (exact) mass is 300 g/mol. The van der Waals surface area contributed by atoms with Crippen LogP contribution < -0.4 is 10.6 Å². The molecule has 0 radical (unpaired) electrons. The van der Waals surface area contributed by atoms with Crippen LogP contribution in [-0.4, -0.2) is 37.4 Å². The Morgan fingerprint density at radius 3 is 2.59 bits per heavy atom. The Kier molecular flexibility index (Phi) is 3.88. The Morgan fingerprint density at radius 1 is 1.23 bits per heavy atom. The van der Waals surface area contributed by atoms with Crippen LogP contribution >= 0.6 is 0 Å². The van der Waals surface area contributed by atoms with E-state index in [-0.39, 0.29) is 11.4 Å². The predicted octanol–water partition coefficient (Wildman–Crippen LogP) is 2.54. The van der Waals surface area contributed by atoms with Crippen molar-refractivity contribution in [1.82, 2.24) is 0 Å². The van der Waals surface area contributed by atoms with Crippen LogP contribution in [0.4, 0.5) is 16.2 Å². The number of carbonyl (C=O) groups excluding carboxylic acids is 1. The van der Waals surface area contributed by atoms with Gasteiger partial charge in [0.05, 0.1) is 13.2 Å². The van der Waals surface area contributed by atoms with Gasteiger partial charge in [0.2, 0.25) is 0 Å². The standard InChI is InChI=1S/C15H16N4O3/c16-15(21)18-17-12-9-13(19-5-7-22-8-6-19)10-3-1-2-4-11(10)14(12)20/h1-4,9,20H,5-8H2,(H2,16,21). The highest BCUT2D eigenvalue weighted by Gasteiger charge is 2.18. The number of phenols is 1. The number of morpholine rings is 1. The van der Waals surface area contributed by atoms with Crippen LogP contribution in [0.2, 0.25) is 0 Å². The summed E-state index contributed by atoms with van der Waals surface area (Å²) >= 11 is 0. The number of phenolic OH excluding ortho intramolecular Hbond substituents is 1. The van der Waals surface area contributed by atoms with Crippen molar-refractivity contribution in [2.24, 2.45) is 16.0 Å². The molecule has 0 unspecified atom stereocenters. The van der Waals surface area contributed by atoms with Gasteiger partial charge in [-0.25, -0.2) is 4.79 Å². The average Bonchev–Trinajstić information content (AvgIpc) is 2.55. The molecule has 1 heterocycles. The molecule has 1 fully saturated rings. The van der Waals surface area contributed by atoms with E-state index in [1.807, 2.05) is 18.2 Å². The zero-order valence-corrected chi connectivity index (χ0v) is 11.9. The van der Waals surface area contributed by atoms with Crippen molar-refractivity contribution in [2.45, 2.75) is 0 Å². The molecule has 22 heavy (non-hydrogen) atoms. The number of hydrogen-bond acceptors (Lipinski definition) is 5. The number of aromatic hydroxyl groups is 1. The minimum atomic E-state index is -0.902. The maximum Gasteiger partial charge on any atom is 0.356 e. The lowest BCUT2D eigenvalue weighted by Gasteiger charge is -2.30. The summed E-state index contributed by atoms with van der Waals surface area (Å²) in [7, 11) is 0. The van der Waals surface area contributed by atoms with Gasteiger partial charge in [-0.2, -0.15) is 0 Å². The topological polar surface area (TPSA) is 101 Å². The van der Waals surface area contributed by atoms with Crippen LogP contribution in [0, 0.1) is 0 Å². The molecule has 3 rings (SSSR count). The third-order valence-electron chi connectivity index (χ3n) is 3.58. The summed E-state index contributed by atoms with van der Waals surface area (Å²) in [6.07, 6.45) is 0. The first-order valence-electron chi connectivity index (χ1n) is 6.95. The molecule has 0 spiro atoms. The fourth-order valence-corrected chi connectivity index (χ4v) is 2.57. The van der Waals surface area contributed by atoms with Gasteiger partial charge in [0.15, 0.2) is 5.75 Å². The first-order chi connectivity index (χ1) is 10.7. The summed E-state index contributed by atoms with van der Waals surface area (Å²) in [6, 6.07) is 8.30. The predicted molar refractivity (Wildman–Crippen MR) is 82.7 cm³/mol. The molecule has 1 aliphatic heterocycles. The van der Waals surface area contributed by atoms with E-state index in [4.69, 9.17) is 10.5 Å². The molecule has 0 bridgehead atoms. The SMILES string of the molecule is NC(=O)N=Nc1cc(N2CCOCC2)c2ccccc2c1O. The molecule has 2 amide bonds. The Hall–Kier alpha value is -2.67. The molecule has 3 N–H and O–H groups in total. The molecule has 0 saturated carbocycles. The molecule has 1 aliphatic rings. The lowest BCUT2D eigenvalue weighted by molar-refractivity contribution is 0.123. The quantitative estimate of drug-likeness (QED) is 0.832. The molecule has 2 aromatic rings. The van der Waals surface area contributed by atoms with Gasteiger partial charge < -0.3 is 20.5 Å². The Labute approximate surface area is 127 Å². The van der Waals surface area contributed by atoms with Crippen LogP contribution in [0.5, 0.6) is 5.75 Å². The van der Waals surface area contributed by atoms with Gasteiger partial charge in [-0.05, 0) is 6.07 Å². The van der Waals surface area contributed by atoms with Gasteiger partial charge in [0, 0.05) is 29.5 Å². The maximum absolute atomic E-state index is 10.8. The summed E-state index contributed by atoms with van der Waals surface area (Å²) in [5.41, 5.74) is 6.12.